The highest BCUT2D eigenvalue weighted by molar-refractivity contribution is 5.42. The third kappa shape index (κ3) is 14.2. The van der Waals surface area contributed by atoms with E-state index >= 15 is 0 Å². The van der Waals surface area contributed by atoms with E-state index in [1.165, 1.54) is 0 Å². The van der Waals surface area contributed by atoms with Gasteiger partial charge >= 0.3 is 6.48 Å². The molecule has 0 aromatic heterocycles. The summed E-state index contributed by atoms with van der Waals surface area (Å²) in [6.45, 7) is 10.7. The number of phenolic OH excluding ortho intramolecular Hbond substituents is 1. The van der Waals surface area contributed by atoms with Crippen molar-refractivity contribution < 1.29 is 54.0 Å². The Kier molecular flexibility index (Phi) is 17.4. The SMILES string of the molecule is CCC(O)COCC(COCC(C)O)(COCC(O)CC)COCC(C)OC(O)Oc1ccc(C(C)(C)c2cccc(O)c2)cc1. The van der Waals surface area contributed by atoms with E-state index in [9.17, 15) is 25.5 Å². The van der Waals surface area contributed by atoms with E-state index in [1.54, 1.807) is 38.1 Å². The smallest absolute Gasteiger partial charge is 0.313 e. The van der Waals surface area contributed by atoms with Crippen molar-refractivity contribution in [2.75, 3.05) is 52.9 Å². The van der Waals surface area contributed by atoms with E-state index in [1.807, 2.05) is 38.1 Å². The summed E-state index contributed by atoms with van der Waals surface area (Å²) in [5.41, 5.74) is 0.798. The number of hydrogen-bond acceptors (Lipinski definition) is 11. The molecule has 0 radical (unpaired) electrons. The Balaban J connectivity index is 1.97. The van der Waals surface area contributed by atoms with Crippen LogP contribution in [0.2, 0.25) is 0 Å². The monoisotopic (exact) mass is 652 g/mol. The molecule has 5 atom stereocenters. The van der Waals surface area contributed by atoms with Crippen LogP contribution in [-0.4, -0.2) is 109 Å². The van der Waals surface area contributed by atoms with Crippen LogP contribution in [0.3, 0.4) is 0 Å². The zero-order chi connectivity index (χ0) is 34.2. The van der Waals surface area contributed by atoms with Crippen LogP contribution in [0.5, 0.6) is 11.5 Å². The van der Waals surface area contributed by atoms with Gasteiger partial charge in [0.05, 0.1) is 82.7 Å². The highest BCUT2D eigenvalue weighted by Crippen LogP contribution is 2.34. The Hall–Kier alpha value is -2.32. The fourth-order valence-electron chi connectivity index (χ4n) is 4.59. The summed E-state index contributed by atoms with van der Waals surface area (Å²) < 4.78 is 34.6. The molecular formula is C35H56O11. The lowest BCUT2D eigenvalue weighted by molar-refractivity contribution is -0.245. The summed E-state index contributed by atoms with van der Waals surface area (Å²) in [5.74, 6) is 0.628. The van der Waals surface area contributed by atoms with Gasteiger partial charge in [0.25, 0.3) is 0 Å². The molecule has 262 valence electrons. The van der Waals surface area contributed by atoms with E-state index in [0.717, 1.165) is 11.1 Å². The van der Waals surface area contributed by atoms with Crippen LogP contribution < -0.4 is 4.74 Å². The predicted molar refractivity (Wildman–Crippen MR) is 174 cm³/mol. The largest absolute Gasteiger partial charge is 0.508 e. The molecule has 46 heavy (non-hydrogen) atoms. The van der Waals surface area contributed by atoms with Crippen LogP contribution in [0.4, 0.5) is 0 Å². The average molecular weight is 653 g/mol. The van der Waals surface area contributed by atoms with Gasteiger partial charge in [-0.25, -0.2) is 0 Å². The summed E-state index contributed by atoms with van der Waals surface area (Å²) >= 11 is 0. The maximum atomic E-state index is 10.5. The average Bonchev–Trinajstić information content (AvgIpc) is 3.00. The van der Waals surface area contributed by atoms with Crippen LogP contribution in [0, 0.1) is 5.41 Å². The molecule has 2 aromatic rings. The van der Waals surface area contributed by atoms with Gasteiger partial charge in [-0.05, 0) is 62.1 Å². The maximum absolute atomic E-state index is 10.5. The molecule has 0 aliphatic carbocycles. The second-order valence-corrected chi connectivity index (χ2v) is 12.6. The molecule has 0 spiro atoms. The van der Waals surface area contributed by atoms with Crippen LogP contribution >= 0.6 is 0 Å². The fraction of sp³-hybridized carbons (Fsp3) is 0.657. The second kappa shape index (κ2) is 20.1. The summed E-state index contributed by atoms with van der Waals surface area (Å²) in [4.78, 5) is 0. The van der Waals surface area contributed by atoms with Gasteiger partial charge in [-0.3, -0.25) is 0 Å². The molecule has 0 bridgehead atoms. The Morgan fingerprint density at radius 3 is 1.70 bits per heavy atom. The van der Waals surface area contributed by atoms with E-state index in [2.05, 4.69) is 13.8 Å². The summed E-state index contributed by atoms with van der Waals surface area (Å²) in [6.07, 6.45) is -1.36. The quantitative estimate of drug-likeness (QED) is 0.105. The molecule has 5 N–H and O–H groups in total. The van der Waals surface area contributed by atoms with E-state index in [4.69, 9.17) is 28.4 Å². The standard InChI is InChI=1S/C35H56O11/c1-7-29(37)19-43-23-35(21-41-17-25(3)36,24-44-20-30(38)8-2)22-42-18-26(4)45-33(40)46-32-14-12-27(13-15-32)34(5,6)28-10-9-11-31(39)16-28/h9-16,25-26,29-30,33,36-40H,7-8,17-24H2,1-6H3. The molecule has 0 saturated heterocycles. The molecule has 0 aliphatic heterocycles. The lowest BCUT2D eigenvalue weighted by atomic mass is 9.78. The number of ether oxygens (including phenoxy) is 6. The van der Waals surface area contributed by atoms with Crippen molar-refractivity contribution in [2.24, 2.45) is 5.41 Å². The summed E-state index contributed by atoms with van der Waals surface area (Å²) in [7, 11) is 0. The van der Waals surface area contributed by atoms with E-state index in [-0.39, 0.29) is 64.0 Å². The molecular weight excluding hydrogens is 596 g/mol. The first-order chi connectivity index (χ1) is 21.8. The van der Waals surface area contributed by atoms with Crippen molar-refractivity contribution in [1.29, 1.82) is 0 Å². The van der Waals surface area contributed by atoms with Gasteiger partial charge in [0.15, 0.2) is 0 Å². The lowest BCUT2D eigenvalue weighted by Crippen LogP contribution is -2.44. The minimum atomic E-state index is -1.54. The topological polar surface area (TPSA) is 157 Å². The number of benzene rings is 2. The number of rotatable bonds is 24. The van der Waals surface area contributed by atoms with Gasteiger partial charge in [-0.15, -0.1) is 0 Å². The molecule has 2 rings (SSSR count). The molecule has 0 fully saturated rings. The second-order valence-electron chi connectivity index (χ2n) is 12.6. The normalized spacial score (nSPS) is 16.7. The highest BCUT2D eigenvalue weighted by Gasteiger charge is 2.34. The van der Waals surface area contributed by atoms with Gasteiger partial charge < -0.3 is 54.0 Å². The first kappa shape index (κ1) is 39.9. The van der Waals surface area contributed by atoms with Crippen LogP contribution in [-0.2, 0) is 29.1 Å². The van der Waals surface area contributed by atoms with Gasteiger partial charge in [-0.1, -0.05) is 52.0 Å². The number of hydrogen-bond donors (Lipinski definition) is 5. The van der Waals surface area contributed by atoms with Gasteiger partial charge in [-0.2, -0.15) is 0 Å². The van der Waals surface area contributed by atoms with Crippen LogP contribution in [0.1, 0.15) is 65.5 Å². The number of aromatic hydroxyl groups is 1. The van der Waals surface area contributed by atoms with Crippen molar-refractivity contribution in [3.05, 3.63) is 59.7 Å². The zero-order valence-corrected chi connectivity index (χ0v) is 28.3. The van der Waals surface area contributed by atoms with E-state index in [0.29, 0.717) is 18.6 Å². The number of aliphatic hydroxyl groups excluding tert-OH is 4. The minimum Gasteiger partial charge on any atom is -0.508 e. The maximum Gasteiger partial charge on any atom is 0.313 e. The molecule has 5 unspecified atom stereocenters. The molecule has 11 heteroatoms. The summed E-state index contributed by atoms with van der Waals surface area (Å²) in [5, 5.41) is 50.0. The van der Waals surface area contributed by atoms with Crippen LogP contribution in [0.25, 0.3) is 0 Å². The molecule has 0 amide bonds. The van der Waals surface area contributed by atoms with Crippen molar-refractivity contribution >= 4 is 0 Å². The lowest BCUT2D eigenvalue weighted by Gasteiger charge is -2.34. The van der Waals surface area contributed by atoms with Crippen LogP contribution in [0.15, 0.2) is 48.5 Å². The molecule has 2 aromatic carbocycles. The minimum absolute atomic E-state index is 0.102. The Bertz CT molecular complexity index is 1080. The zero-order valence-electron chi connectivity index (χ0n) is 28.3. The first-order valence-electron chi connectivity index (χ1n) is 16.1. The summed E-state index contributed by atoms with van der Waals surface area (Å²) in [6, 6.07) is 14.5. The van der Waals surface area contributed by atoms with E-state index < -0.39 is 36.3 Å². The molecule has 11 nitrogen and oxygen atoms in total. The Morgan fingerprint density at radius 1 is 0.674 bits per heavy atom. The molecule has 0 aliphatic rings. The van der Waals surface area contributed by atoms with Gasteiger partial charge in [0.2, 0.25) is 0 Å². The third-order valence-electron chi connectivity index (χ3n) is 7.64. The van der Waals surface area contributed by atoms with Gasteiger partial charge in [0.1, 0.15) is 11.5 Å². The number of aliphatic hydroxyl groups is 4. The Labute approximate surface area is 274 Å². The first-order valence-corrected chi connectivity index (χ1v) is 16.1. The van der Waals surface area contributed by atoms with Crippen molar-refractivity contribution in [3.63, 3.8) is 0 Å². The third-order valence-corrected chi connectivity index (χ3v) is 7.64. The fourth-order valence-corrected chi connectivity index (χ4v) is 4.59. The predicted octanol–water partition coefficient (Wildman–Crippen LogP) is 3.75. The van der Waals surface area contributed by atoms with Crippen molar-refractivity contribution in [2.45, 2.75) is 90.7 Å². The highest BCUT2D eigenvalue weighted by atomic mass is 16.8. The van der Waals surface area contributed by atoms with Gasteiger partial charge in [0, 0.05) is 5.41 Å². The number of phenols is 1. The van der Waals surface area contributed by atoms with Crippen molar-refractivity contribution in [1.82, 2.24) is 0 Å². The molecule has 0 saturated carbocycles. The Morgan fingerprint density at radius 2 is 1.20 bits per heavy atom. The van der Waals surface area contributed by atoms with Crippen molar-refractivity contribution in [3.8, 4) is 11.5 Å². The molecule has 0 heterocycles.